The molecular formula is C34H46N3O4+. The maximum absolute atomic E-state index is 13.8. The maximum atomic E-state index is 13.8. The van der Waals surface area contributed by atoms with Gasteiger partial charge in [0.25, 0.3) is 0 Å². The Kier molecular flexibility index (Phi) is 10.7. The normalized spacial score (nSPS) is 20.3. The predicted molar refractivity (Wildman–Crippen MR) is 161 cm³/mol. The molecular weight excluding hydrogens is 514 g/mol. The highest BCUT2D eigenvalue weighted by molar-refractivity contribution is 5.90. The summed E-state index contributed by atoms with van der Waals surface area (Å²) in [5.41, 5.74) is 2.93. The van der Waals surface area contributed by atoms with Crippen LogP contribution in [0.15, 0.2) is 54.6 Å². The zero-order chi connectivity index (χ0) is 29.2. The number of hydrogen-bond donors (Lipinski definition) is 2. The molecule has 7 nitrogen and oxygen atoms in total. The lowest BCUT2D eigenvalue weighted by atomic mass is 9.92. The largest absolute Gasteiger partial charge is 0.460 e. The van der Waals surface area contributed by atoms with Gasteiger partial charge in [0.15, 0.2) is 6.21 Å². The molecule has 2 aromatic carbocycles. The van der Waals surface area contributed by atoms with Gasteiger partial charge >= 0.3 is 5.97 Å². The summed E-state index contributed by atoms with van der Waals surface area (Å²) < 4.78 is 7.88. The first-order valence-corrected chi connectivity index (χ1v) is 15.2. The number of ether oxygens (including phenoxy) is 1. The molecule has 41 heavy (non-hydrogen) atoms. The van der Waals surface area contributed by atoms with Gasteiger partial charge in [0.2, 0.25) is 17.5 Å². The molecule has 4 rings (SSSR count). The molecule has 2 bridgehead atoms. The first-order chi connectivity index (χ1) is 19.7. The number of amides is 2. The number of carbonyl (C=O) groups excluding carboxylic acids is 3. The number of nitrogens with zero attached hydrogens (tertiary/aromatic N) is 1. The second-order valence-electron chi connectivity index (χ2n) is 12.4. The second kappa shape index (κ2) is 14.4. The van der Waals surface area contributed by atoms with Crippen molar-refractivity contribution in [3.63, 3.8) is 0 Å². The van der Waals surface area contributed by atoms with Crippen LogP contribution in [0, 0.1) is 5.92 Å². The average Bonchev–Trinajstić information content (AvgIpc) is 3.28. The molecule has 2 aliphatic rings. The monoisotopic (exact) mass is 560 g/mol. The summed E-state index contributed by atoms with van der Waals surface area (Å²) in [6.45, 7) is 7.02. The van der Waals surface area contributed by atoms with E-state index < -0.39 is 23.5 Å². The van der Waals surface area contributed by atoms with Gasteiger partial charge in [-0.1, -0.05) is 55.0 Å². The highest BCUT2D eigenvalue weighted by Gasteiger charge is 2.36. The predicted octanol–water partition coefficient (Wildman–Crippen LogP) is 5.43. The van der Waals surface area contributed by atoms with E-state index in [2.05, 4.69) is 45.7 Å². The highest BCUT2D eigenvalue weighted by atomic mass is 16.6. The van der Waals surface area contributed by atoms with Gasteiger partial charge in [0.1, 0.15) is 18.2 Å². The van der Waals surface area contributed by atoms with Crippen molar-refractivity contribution >= 4 is 29.7 Å². The Labute approximate surface area is 244 Å². The van der Waals surface area contributed by atoms with Crippen molar-refractivity contribution in [3.8, 4) is 0 Å². The van der Waals surface area contributed by atoms with E-state index in [9.17, 15) is 14.4 Å². The van der Waals surface area contributed by atoms with Gasteiger partial charge in [-0.25, -0.2) is 4.58 Å². The van der Waals surface area contributed by atoms with Crippen LogP contribution in [0.4, 0.5) is 5.69 Å². The molecule has 0 saturated heterocycles. The van der Waals surface area contributed by atoms with Crippen LogP contribution in [-0.2, 0) is 25.5 Å². The van der Waals surface area contributed by atoms with Crippen LogP contribution in [0.25, 0.3) is 0 Å². The number of nitrogens with one attached hydrogen (secondary N) is 2. The third-order valence-electron chi connectivity index (χ3n) is 7.82. The van der Waals surface area contributed by atoms with Crippen molar-refractivity contribution in [3.05, 3.63) is 65.7 Å². The highest BCUT2D eigenvalue weighted by Crippen LogP contribution is 2.34. The fraction of sp³-hybridized carbons (Fsp3) is 0.529. The van der Waals surface area contributed by atoms with Gasteiger partial charge in [-0.2, -0.15) is 0 Å². The van der Waals surface area contributed by atoms with Crippen LogP contribution in [0.5, 0.6) is 0 Å². The van der Waals surface area contributed by atoms with E-state index in [4.69, 9.17) is 4.74 Å². The van der Waals surface area contributed by atoms with Crippen LogP contribution >= 0.6 is 0 Å². The molecule has 220 valence electrons. The Bertz CT molecular complexity index is 1220. The van der Waals surface area contributed by atoms with Crippen LogP contribution in [0.2, 0.25) is 0 Å². The molecule has 1 unspecified atom stereocenters. The van der Waals surface area contributed by atoms with Crippen LogP contribution < -0.4 is 10.6 Å². The van der Waals surface area contributed by atoms with Gasteiger partial charge in [-0.3, -0.25) is 14.4 Å². The fourth-order valence-corrected chi connectivity index (χ4v) is 5.80. The van der Waals surface area contributed by atoms with Gasteiger partial charge in [0.05, 0.1) is 12.3 Å². The van der Waals surface area contributed by atoms with E-state index >= 15 is 0 Å². The summed E-state index contributed by atoms with van der Waals surface area (Å²) in [7, 11) is 0. The van der Waals surface area contributed by atoms with Crippen molar-refractivity contribution in [2.75, 3.05) is 13.1 Å². The van der Waals surface area contributed by atoms with Gasteiger partial charge in [-0.15, -0.1) is 0 Å². The van der Waals surface area contributed by atoms with Gasteiger partial charge in [0, 0.05) is 30.5 Å². The smallest absolute Gasteiger partial charge is 0.307 e. The Hall–Kier alpha value is -3.48. The van der Waals surface area contributed by atoms with Gasteiger partial charge in [-0.05, 0) is 64.9 Å². The molecule has 3 atom stereocenters. The van der Waals surface area contributed by atoms with Crippen LogP contribution in [0.3, 0.4) is 0 Å². The summed E-state index contributed by atoms with van der Waals surface area (Å²) in [6, 6.07) is 17.8. The minimum atomic E-state index is -0.701. The minimum Gasteiger partial charge on any atom is -0.460 e. The maximum Gasteiger partial charge on any atom is 0.307 e. The molecule has 0 saturated carbocycles. The molecule has 2 N–H and O–H groups in total. The SMILES string of the molecule is CC(C)(C)OC(=O)C[C@@H](CCCc1ccccc1)C(=O)N[C@H]1CC2C=[N+](CCCCCCNC1=O)c1ccccc12. The molecule has 0 radical (unpaired) electrons. The zero-order valence-corrected chi connectivity index (χ0v) is 24.9. The Morgan fingerprint density at radius 3 is 2.54 bits per heavy atom. The Morgan fingerprint density at radius 2 is 1.76 bits per heavy atom. The fourth-order valence-electron chi connectivity index (χ4n) is 5.80. The molecule has 0 spiro atoms. The lowest BCUT2D eigenvalue weighted by molar-refractivity contribution is -0.433. The summed E-state index contributed by atoms with van der Waals surface area (Å²) in [5, 5.41) is 6.13. The minimum absolute atomic E-state index is 0.0155. The number of fused-ring (bicyclic) bond motifs is 4. The molecule has 2 heterocycles. The molecule has 2 aliphatic heterocycles. The van der Waals surface area contributed by atoms with Crippen molar-refractivity contribution in [2.45, 2.75) is 96.1 Å². The van der Waals surface area contributed by atoms with Crippen molar-refractivity contribution in [2.24, 2.45) is 5.92 Å². The molecule has 7 heteroatoms. The summed E-state index contributed by atoms with van der Waals surface area (Å²) in [5.74, 6) is -1.39. The van der Waals surface area contributed by atoms with Crippen molar-refractivity contribution in [1.82, 2.24) is 10.6 Å². The number of para-hydroxylation sites is 1. The van der Waals surface area contributed by atoms with E-state index in [-0.39, 0.29) is 24.2 Å². The number of rotatable bonds is 8. The Morgan fingerprint density at radius 1 is 1.02 bits per heavy atom. The third kappa shape index (κ3) is 9.27. The first-order valence-electron chi connectivity index (χ1n) is 15.2. The second-order valence-corrected chi connectivity index (χ2v) is 12.4. The first kappa shape index (κ1) is 30.5. The quantitative estimate of drug-likeness (QED) is 0.333. The zero-order valence-electron chi connectivity index (χ0n) is 24.9. The summed E-state index contributed by atoms with van der Waals surface area (Å²) in [6.07, 6.45) is 8.93. The lowest BCUT2D eigenvalue weighted by Gasteiger charge is -2.25. The van der Waals surface area contributed by atoms with E-state index in [1.54, 1.807) is 0 Å². The number of benzene rings is 2. The standard InChI is InChI=1S/C34H45N3O4/c1-34(2,3)41-31(38)23-26(17-13-16-25-14-7-6-8-15-25)32(39)36-29-22-27-24-37(30-19-10-9-18-28(27)30)21-12-5-4-11-20-35-33(29)40/h6-10,14-15,18-19,24,26-27,29H,4-5,11-13,16-17,20-23H2,1-3H3,(H-,35,36,39,40)/p+1/t26-,27?,29+/m1/s1. The summed E-state index contributed by atoms with van der Waals surface area (Å²) in [4.78, 5) is 40.0. The lowest BCUT2D eigenvalue weighted by Crippen LogP contribution is -2.49. The van der Waals surface area contributed by atoms with E-state index in [1.165, 1.54) is 16.8 Å². The number of aryl methyl sites for hydroxylation is 1. The number of esters is 1. The van der Waals surface area contributed by atoms with E-state index in [0.29, 0.717) is 19.4 Å². The molecule has 0 aliphatic carbocycles. The van der Waals surface area contributed by atoms with Crippen LogP contribution in [0.1, 0.15) is 89.2 Å². The number of hydrogen-bond acceptors (Lipinski definition) is 4. The molecule has 2 amide bonds. The van der Waals surface area contributed by atoms with E-state index in [0.717, 1.165) is 45.1 Å². The molecule has 0 aromatic heterocycles. The molecule has 0 fully saturated rings. The van der Waals surface area contributed by atoms with Crippen LogP contribution in [-0.4, -0.2) is 53.3 Å². The summed E-state index contributed by atoms with van der Waals surface area (Å²) >= 11 is 0. The van der Waals surface area contributed by atoms with Crippen molar-refractivity contribution < 1.29 is 23.7 Å². The van der Waals surface area contributed by atoms with Crippen molar-refractivity contribution in [1.29, 1.82) is 0 Å². The number of carbonyl (C=O) groups is 3. The third-order valence-corrected chi connectivity index (χ3v) is 7.82. The van der Waals surface area contributed by atoms with Gasteiger partial charge < -0.3 is 15.4 Å². The average molecular weight is 561 g/mol. The topological polar surface area (TPSA) is 87.5 Å². The van der Waals surface area contributed by atoms with E-state index in [1.807, 2.05) is 51.1 Å². The Balaban J connectivity index is 1.51. The molecule has 2 aromatic rings.